The van der Waals surface area contributed by atoms with Crippen LogP contribution >= 0.6 is 0 Å². The average Bonchev–Trinajstić information content (AvgIpc) is 2.54. The molecule has 9 heteroatoms. The largest absolute Gasteiger partial charge is 0.366 e. The van der Waals surface area contributed by atoms with Gasteiger partial charge in [-0.1, -0.05) is 0 Å². The standard InChI is InChI=1S/C14H20FN3O4S/c1-3-23(21,22)16(2)12-6-8-17(9-7-12)13-5-4-11(15)10-14(13)18(19)20/h4-5,10,12H,3,6-9H2,1-2H3. The van der Waals surface area contributed by atoms with Gasteiger partial charge in [-0.25, -0.2) is 17.1 Å². The van der Waals surface area contributed by atoms with Crippen LogP contribution in [-0.4, -0.2) is 49.6 Å². The number of benzene rings is 1. The fourth-order valence-electron chi connectivity index (χ4n) is 2.81. The molecule has 23 heavy (non-hydrogen) atoms. The molecule has 128 valence electrons. The molecule has 1 aliphatic rings. The highest BCUT2D eigenvalue weighted by atomic mass is 32.2. The average molecular weight is 345 g/mol. The van der Waals surface area contributed by atoms with Crippen LogP contribution in [0.25, 0.3) is 0 Å². The van der Waals surface area contributed by atoms with Crippen LogP contribution < -0.4 is 4.90 Å². The molecular formula is C14H20FN3O4S. The van der Waals surface area contributed by atoms with Crippen LogP contribution in [0.4, 0.5) is 15.8 Å². The number of rotatable bonds is 5. The maximum atomic E-state index is 13.2. The highest BCUT2D eigenvalue weighted by molar-refractivity contribution is 7.89. The fraction of sp³-hybridized carbons (Fsp3) is 0.571. The second-order valence-electron chi connectivity index (χ2n) is 5.53. The van der Waals surface area contributed by atoms with Gasteiger partial charge in [0.2, 0.25) is 10.0 Å². The molecule has 0 saturated carbocycles. The summed E-state index contributed by atoms with van der Waals surface area (Å²) in [4.78, 5) is 12.3. The van der Waals surface area contributed by atoms with E-state index in [2.05, 4.69) is 0 Å². The van der Waals surface area contributed by atoms with Gasteiger partial charge in [-0.3, -0.25) is 10.1 Å². The minimum Gasteiger partial charge on any atom is -0.366 e. The van der Waals surface area contributed by atoms with Gasteiger partial charge in [-0.05, 0) is 31.9 Å². The van der Waals surface area contributed by atoms with E-state index in [4.69, 9.17) is 0 Å². The first-order chi connectivity index (χ1) is 10.8. The number of anilines is 1. The van der Waals surface area contributed by atoms with E-state index in [-0.39, 0.29) is 17.5 Å². The third-order valence-corrected chi connectivity index (χ3v) is 6.16. The molecule has 1 fully saturated rings. The van der Waals surface area contributed by atoms with Crippen molar-refractivity contribution in [3.8, 4) is 0 Å². The van der Waals surface area contributed by atoms with Crippen LogP contribution in [0.3, 0.4) is 0 Å². The molecule has 2 rings (SSSR count). The van der Waals surface area contributed by atoms with Gasteiger partial charge in [0.15, 0.2) is 0 Å². The van der Waals surface area contributed by atoms with E-state index >= 15 is 0 Å². The van der Waals surface area contributed by atoms with E-state index in [9.17, 15) is 22.9 Å². The molecule has 0 aromatic heterocycles. The van der Waals surface area contributed by atoms with Crippen LogP contribution in [-0.2, 0) is 10.0 Å². The molecule has 0 spiro atoms. The predicted molar refractivity (Wildman–Crippen MR) is 85.5 cm³/mol. The Labute approximate surface area is 134 Å². The summed E-state index contributed by atoms with van der Waals surface area (Å²) in [5, 5.41) is 11.1. The van der Waals surface area contributed by atoms with Gasteiger partial charge in [0.05, 0.1) is 16.7 Å². The summed E-state index contributed by atoms with van der Waals surface area (Å²) in [6.45, 7) is 2.57. The molecule has 0 N–H and O–H groups in total. The number of piperidine rings is 1. The van der Waals surface area contributed by atoms with Crippen LogP contribution in [0.1, 0.15) is 19.8 Å². The maximum Gasteiger partial charge on any atom is 0.295 e. The van der Waals surface area contributed by atoms with Gasteiger partial charge < -0.3 is 4.90 Å². The number of hydrogen-bond donors (Lipinski definition) is 0. The van der Waals surface area contributed by atoms with E-state index in [1.807, 2.05) is 0 Å². The third kappa shape index (κ3) is 3.78. The Morgan fingerprint density at radius 2 is 2.00 bits per heavy atom. The molecule has 1 saturated heterocycles. The zero-order valence-corrected chi connectivity index (χ0v) is 13.9. The van der Waals surface area contributed by atoms with Crippen LogP contribution in [0, 0.1) is 15.9 Å². The van der Waals surface area contributed by atoms with Crippen LogP contribution in [0.5, 0.6) is 0 Å². The number of hydrogen-bond acceptors (Lipinski definition) is 5. The molecule has 1 aromatic carbocycles. The van der Waals surface area contributed by atoms with E-state index in [0.29, 0.717) is 31.6 Å². The minimum absolute atomic E-state index is 0.0488. The predicted octanol–water partition coefficient (Wildman–Crippen LogP) is 1.98. The summed E-state index contributed by atoms with van der Waals surface area (Å²) in [6, 6.07) is 3.40. The Bertz CT molecular complexity index is 687. The van der Waals surface area contributed by atoms with E-state index in [1.165, 1.54) is 16.4 Å². The normalized spacial score (nSPS) is 16.8. The summed E-state index contributed by atoms with van der Waals surface area (Å²) in [7, 11) is -1.68. The lowest BCUT2D eigenvalue weighted by atomic mass is 10.0. The van der Waals surface area contributed by atoms with Gasteiger partial charge >= 0.3 is 0 Å². The molecule has 0 unspecified atom stereocenters. The van der Waals surface area contributed by atoms with Gasteiger partial charge in [0.25, 0.3) is 5.69 Å². The molecule has 0 atom stereocenters. The van der Waals surface area contributed by atoms with Crippen molar-refractivity contribution in [1.82, 2.24) is 4.31 Å². The first-order valence-electron chi connectivity index (χ1n) is 7.41. The van der Waals surface area contributed by atoms with E-state index in [0.717, 1.165) is 6.07 Å². The molecule has 1 aliphatic heterocycles. The molecule has 0 bridgehead atoms. The Hall–Kier alpha value is -1.74. The summed E-state index contributed by atoms with van der Waals surface area (Å²) in [5.74, 6) is -0.600. The Balaban J connectivity index is 2.13. The number of halogens is 1. The van der Waals surface area contributed by atoms with Gasteiger partial charge in [-0.2, -0.15) is 0 Å². The minimum atomic E-state index is -3.25. The highest BCUT2D eigenvalue weighted by Crippen LogP contribution is 2.31. The smallest absolute Gasteiger partial charge is 0.295 e. The van der Waals surface area contributed by atoms with Crippen LogP contribution in [0.15, 0.2) is 18.2 Å². The quantitative estimate of drug-likeness (QED) is 0.602. The summed E-state index contributed by atoms with van der Waals surface area (Å²) >= 11 is 0. The topological polar surface area (TPSA) is 83.8 Å². The van der Waals surface area contributed by atoms with Crippen molar-refractivity contribution in [2.45, 2.75) is 25.8 Å². The van der Waals surface area contributed by atoms with Gasteiger partial charge in [-0.15, -0.1) is 0 Å². The second-order valence-corrected chi connectivity index (χ2v) is 7.84. The lowest BCUT2D eigenvalue weighted by Gasteiger charge is -2.36. The maximum absolute atomic E-state index is 13.2. The van der Waals surface area contributed by atoms with Crippen molar-refractivity contribution >= 4 is 21.4 Å². The first kappa shape index (κ1) is 17.6. The first-order valence-corrected chi connectivity index (χ1v) is 9.01. The Morgan fingerprint density at radius 3 is 2.52 bits per heavy atom. The van der Waals surface area contributed by atoms with Crippen molar-refractivity contribution in [2.24, 2.45) is 0 Å². The monoisotopic (exact) mass is 345 g/mol. The van der Waals surface area contributed by atoms with E-state index in [1.54, 1.807) is 18.9 Å². The number of nitro groups is 1. The highest BCUT2D eigenvalue weighted by Gasteiger charge is 2.30. The number of sulfonamides is 1. The lowest BCUT2D eigenvalue weighted by molar-refractivity contribution is -0.384. The molecule has 1 aromatic rings. The summed E-state index contributed by atoms with van der Waals surface area (Å²) in [5.41, 5.74) is 0.105. The Kier molecular flexibility index (Phi) is 5.20. The lowest BCUT2D eigenvalue weighted by Crippen LogP contribution is -2.46. The molecule has 0 radical (unpaired) electrons. The van der Waals surface area contributed by atoms with E-state index < -0.39 is 20.8 Å². The third-order valence-electron chi connectivity index (χ3n) is 4.26. The summed E-state index contributed by atoms with van der Waals surface area (Å²) < 4.78 is 38.4. The molecule has 7 nitrogen and oxygen atoms in total. The van der Waals surface area contributed by atoms with Gasteiger partial charge in [0.1, 0.15) is 11.5 Å². The molecular weight excluding hydrogens is 325 g/mol. The van der Waals surface area contributed by atoms with Crippen molar-refractivity contribution in [1.29, 1.82) is 0 Å². The number of nitro benzene ring substituents is 1. The SMILES string of the molecule is CCS(=O)(=O)N(C)C1CCN(c2ccc(F)cc2[N+](=O)[O-])CC1. The van der Waals surface area contributed by atoms with Crippen molar-refractivity contribution < 1.29 is 17.7 Å². The van der Waals surface area contributed by atoms with Crippen molar-refractivity contribution in [3.05, 3.63) is 34.1 Å². The second kappa shape index (κ2) is 6.79. The Morgan fingerprint density at radius 1 is 1.39 bits per heavy atom. The zero-order valence-electron chi connectivity index (χ0n) is 13.1. The van der Waals surface area contributed by atoms with Crippen molar-refractivity contribution in [2.75, 3.05) is 30.8 Å². The molecule has 0 amide bonds. The number of nitrogens with zero attached hydrogens (tertiary/aromatic N) is 3. The van der Waals surface area contributed by atoms with Gasteiger partial charge in [0, 0.05) is 26.2 Å². The fourth-order valence-corrected chi connectivity index (χ4v) is 3.88. The van der Waals surface area contributed by atoms with Crippen LogP contribution in [0.2, 0.25) is 0 Å². The zero-order chi connectivity index (χ0) is 17.2. The van der Waals surface area contributed by atoms with Crippen molar-refractivity contribution in [3.63, 3.8) is 0 Å². The molecule has 1 heterocycles. The summed E-state index contributed by atoms with van der Waals surface area (Å²) in [6.07, 6.45) is 1.15. The molecule has 0 aliphatic carbocycles.